The molecule has 0 radical (unpaired) electrons. The van der Waals surface area contributed by atoms with Crippen molar-refractivity contribution in [3.8, 4) is 0 Å². The van der Waals surface area contributed by atoms with Crippen molar-refractivity contribution < 1.29 is 13.2 Å². The van der Waals surface area contributed by atoms with E-state index < -0.39 is 10.0 Å². The van der Waals surface area contributed by atoms with E-state index in [1.54, 1.807) is 12.1 Å². The predicted octanol–water partition coefficient (Wildman–Crippen LogP) is 2.62. The minimum atomic E-state index is -3.55. The van der Waals surface area contributed by atoms with Crippen LogP contribution in [-0.2, 0) is 21.2 Å². The van der Waals surface area contributed by atoms with Crippen LogP contribution in [0, 0.1) is 0 Å². The summed E-state index contributed by atoms with van der Waals surface area (Å²) < 4.78 is 27.2. The molecule has 2 aromatic rings. The van der Waals surface area contributed by atoms with Gasteiger partial charge in [0.25, 0.3) is 0 Å². The molecule has 0 saturated carbocycles. The molecule has 0 aliphatic carbocycles. The van der Waals surface area contributed by atoms with Gasteiger partial charge >= 0.3 is 0 Å². The van der Waals surface area contributed by atoms with Crippen LogP contribution in [0.25, 0.3) is 0 Å². The van der Waals surface area contributed by atoms with Crippen LogP contribution in [0.2, 0.25) is 0 Å². The zero-order chi connectivity index (χ0) is 19.2. The van der Waals surface area contributed by atoms with Crippen molar-refractivity contribution in [2.45, 2.75) is 24.7 Å². The molecule has 2 N–H and O–H groups in total. The molecule has 6 nitrogen and oxygen atoms in total. The van der Waals surface area contributed by atoms with Crippen LogP contribution in [0.4, 0.5) is 11.4 Å². The number of amides is 1. The highest BCUT2D eigenvalue weighted by Gasteiger charge is 2.13. The van der Waals surface area contributed by atoms with Gasteiger partial charge in [-0.3, -0.25) is 4.79 Å². The fourth-order valence-corrected chi connectivity index (χ4v) is 3.54. The Bertz CT molecular complexity index is 829. The molecule has 0 spiro atoms. The summed E-state index contributed by atoms with van der Waals surface area (Å²) in [5, 5.41) is 2.61. The summed E-state index contributed by atoms with van der Waals surface area (Å²) in [6.45, 7) is 1.77. The number of rotatable bonds is 8. The highest BCUT2D eigenvalue weighted by molar-refractivity contribution is 7.89. The highest BCUT2D eigenvalue weighted by atomic mass is 32.2. The summed E-state index contributed by atoms with van der Waals surface area (Å²) >= 11 is 0. The Morgan fingerprint density at radius 3 is 2.15 bits per heavy atom. The number of nitrogens with zero attached hydrogens (tertiary/aromatic N) is 1. The maximum absolute atomic E-state index is 12.3. The molecule has 26 heavy (non-hydrogen) atoms. The van der Waals surface area contributed by atoms with Crippen molar-refractivity contribution in [1.82, 2.24) is 4.72 Å². The van der Waals surface area contributed by atoms with Gasteiger partial charge in [-0.1, -0.05) is 12.1 Å². The van der Waals surface area contributed by atoms with E-state index in [1.165, 1.54) is 24.6 Å². The first-order chi connectivity index (χ1) is 12.3. The normalized spacial score (nSPS) is 11.2. The topological polar surface area (TPSA) is 78.5 Å². The number of anilines is 2. The number of hydrogen-bond acceptors (Lipinski definition) is 4. The largest absolute Gasteiger partial charge is 0.378 e. The molecule has 1 amide bonds. The Morgan fingerprint density at radius 2 is 1.62 bits per heavy atom. The van der Waals surface area contributed by atoms with Gasteiger partial charge in [0.05, 0.1) is 4.90 Å². The molecule has 140 valence electrons. The van der Waals surface area contributed by atoms with Gasteiger partial charge in [0.2, 0.25) is 15.9 Å². The Labute approximate surface area is 155 Å². The van der Waals surface area contributed by atoms with Crippen LogP contribution in [0.5, 0.6) is 0 Å². The second-order valence-electron chi connectivity index (χ2n) is 6.27. The fraction of sp³-hybridized carbons (Fsp3) is 0.316. The number of benzene rings is 2. The monoisotopic (exact) mass is 375 g/mol. The first kappa shape index (κ1) is 19.9. The fourth-order valence-electron chi connectivity index (χ4n) is 2.46. The Kier molecular flexibility index (Phi) is 6.76. The molecule has 0 saturated heterocycles. The molecule has 0 unspecified atom stereocenters. The molecule has 0 aliphatic rings. The van der Waals surface area contributed by atoms with Gasteiger partial charge in [-0.05, 0) is 54.8 Å². The van der Waals surface area contributed by atoms with Crippen molar-refractivity contribution >= 4 is 27.3 Å². The van der Waals surface area contributed by atoms with Crippen molar-refractivity contribution in [3.63, 3.8) is 0 Å². The Hall–Kier alpha value is -2.38. The summed E-state index contributed by atoms with van der Waals surface area (Å²) in [4.78, 5) is 13.2. The van der Waals surface area contributed by atoms with Crippen molar-refractivity contribution in [2.75, 3.05) is 30.9 Å². The SMILES string of the molecule is CC(=O)Nc1ccc(S(=O)(=O)NCCCc2ccc(N(C)C)cc2)cc1. The van der Waals surface area contributed by atoms with Crippen LogP contribution in [0.1, 0.15) is 18.9 Å². The molecular formula is C19H25N3O3S. The number of carbonyl (C=O) groups excluding carboxylic acids is 1. The molecule has 0 atom stereocenters. The number of hydrogen-bond donors (Lipinski definition) is 2. The first-order valence-electron chi connectivity index (χ1n) is 8.41. The average molecular weight is 375 g/mol. The molecule has 0 heterocycles. The quantitative estimate of drug-likeness (QED) is 0.695. The summed E-state index contributed by atoms with van der Waals surface area (Å²) in [6, 6.07) is 14.3. The molecule has 7 heteroatoms. The Morgan fingerprint density at radius 1 is 1.00 bits per heavy atom. The second-order valence-corrected chi connectivity index (χ2v) is 8.03. The molecule has 2 rings (SSSR count). The smallest absolute Gasteiger partial charge is 0.240 e. The molecule has 0 aliphatic heterocycles. The molecule has 2 aromatic carbocycles. The highest BCUT2D eigenvalue weighted by Crippen LogP contribution is 2.15. The molecule has 0 bridgehead atoms. The van der Waals surface area contributed by atoms with Crippen LogP contribution < -0.4 is 14.9 Å². The lowest BCUT2D eigenvalue weighted by atomic mass is 10.1. The number of nitrogens with one attached hydrogen (secondary N) is 2. The summed E-state index contributed by atoms with van der Waals surface area (Å²) in [6.07, 6.45) is 1.52. The third-order valence-corrected chi connectivity index (χ3v) is 5.35. The minimum Gasteiger partial charge on any atom is -0.378 e. The number of aryl methyl sites for hydroxylation is 1. The lowest BCUT2D eigenvalue weighted by Gasteiger charge is -2.12. The van der Waals surface area contributed by atoms with E-state index in [9.17, 15) is 13.2 Å². The zero-order valence-electron chi connectivity index (χ0n) is 15.3. The van der Waals surface area contributed by atoms with Gasteiger partial charge in [0.1, 0.15) is 0 Å². The van der Waals surface area contributed by atoms with Crippen molar-refractivity contribution in [1.29, 1.82) is 0 Å². The summed E-state index contributed by atoms with van der Waals surface area (Å²) in [5.74, 6) is -0.197. The first-order valence-corrected chi connectivity index (χ1v) is 9.90. The number of carbonyl (C=O) groups is 1. The van der Waals surface area contributed by atoms with E-state index in [0.29, 0.717) is 18.7 Å². The van der Waals surface area contributed by atoms with Gasteiger partial charge < -0.3 is 10.2 Å². The van der Waals surface area contributed by atoms with E-state index >= 15 is 0 Å². The van der Waals surface area contributed by atoms with Crippen LogP contribution in [0.3, 0.4) is 0 Å². The van der Waals surface area contributed by atoms with Crippen molar-refractivity contribution in [3.05, 3.63) is 54.1 Å². The van der Waals surface area contributed by atoms with Crippen LogP contribution in [-0.4, -0.2) is 35.0 Å². The third-order valence-electron chi connectivity index (χ3n) is 3.87. The van der Waals surface area contributed by atoms with E-state index in [2.05, 4.69) is 34.3 Å². The van der Waals surface area contributed by atoms with Crippen LogP contribution >= 0.6 is 0 Å². The van der Waals surface area contributed by atoms with Crippen molar-refractivity contribution in [2.24, 2.45) is 0 Å². The number of sulfonamides is 1. The lowest BCUT2D eigenvalue weighted by molar-refractivity contribution is -0.114. The summed E-state index contributed by atoms with van der Waals surface area (Å²) in [5.41, 5.74) is 2.88. The van der Waals surface area contributed by atoms with Crippen LogP contribution in [0.15, 0.2) is 53.4 Å². The standard InChI is InChI=1S/C19H25N3O3S/c1-15(23)21-17-8-12-19(13-9-17)26(24,25)20-14-4-5-16-6-10-18(11-7-16)22(2)3/h6-13,20H,4-5,14H2,1-3H3,(H,21,23). The Balaban J connectivity index is 1.85. The van der Waals surface area contributed by atoms with E-state index in [1.807, 2.05) is 19.0 Å². The average Bonchev–Trinajstić information content (AvgIpc) is 2.59. The maximum atomic E-state index is 12.3. The third kappa shape index (κ3) is 5.86. The zero-order valence-corrected chi connectivity index (χ0v) is 16.1. The predicted molar refractivity (Wildman–Crippen MR) is 105 cm³/mol. The van der Waals surface area contributed by atoms with Gasteiger partial charge in [-0.2, -0.15) is 0 Å². The minimum absolute atomic E-state index is 0.182. The van der Waals surface area contributed by atoms with Gasteiger partial charge in [-0.25, -0.2) is 13.1 Å². The molecule has 0 fully saturated rings. The lowest BCUT2D eigenvalue weighted by Crippen LogP contribution is -2.25. The van der Waals surface area contributed by atoms with Gasteiger partial charge in [0.15, 0.2) is 0 Å². The van der Waals surface area contributed by atoms with E-state index in [-0.39, 0.29) is 10.8 Å². The molecular weight excluding hydrogens is 350 g/mol. The molecule has 0 aromatic heterocycles. The summed E-state index contributed by atoms with van der Waals surface area (Å²) in [7, 11) is 0.438. The van der Waals surface area contributed by atoms with Gasteiger partial charge in [0, 0.05) is 38.9 Å². The second kappa shape index (κ2) is 8.82. The van der Waals surface area contributed by atoms with E-state index in [0.717, 1.165) is 12.1 Å². The van der Waals surface area contributed by atoms with E-state index in [4.69, 9.17) is 0 Å². The van der Waals surface area contributed by atoms with Gasteiger partial charge in [-0.15, -0.1) is 0 Å². The maximum Gasteiger partial charge on any atom is 0.240 e.